The van der Waals surface area contributed by atoms with Gasteiger partial charge in [0.15, 0.2) is 0 Å². The van der Waals surface area contributed by atoms with E-state index in [-0.39, 0.29) is 25.1 Å². The molecular weight excluding hydrogens is 301 g/mol. The molecule has 1 rings (SSSR count). The Morgan fingerprint density at radius 3 is 2.48 bits per heavy atom. The van der Waals surface area contributed by atoms with Crippen molar-refractivity contribution in [1.82, 2.24) is 4.31 Å². The second-order valence-corrected chi connectivity index (χ2v) is 6.60. The van der Waals surface area contributed by atoms with Crippen LogP contribution in [0, 0.1) is 5.82 Å². The molecule has 2 N–H and O–H groups in total. The zero-order chi connectivity index (χ0) is 16.2. The molecular formula is C13H18FNO5S. The van der Waals surface area contributed by atoms with E-state index in [0.29, 0.717) is 0 Å². The Morgan fingerprint density at radius 2 is 2.00 bits per heavy atom. The molecule has 21 heavy (non-hydrogen) atoms. The van der Waals surface area contributed by atoms with Gasteiger partial charge in [0.25, 0.3) is 0 Å². The van der Waals surface area contributed by atoms with Crippen LogP contribution in [0.5, 0.6) is 0 Å². The molecule has 0 amide bonds. The van der Waals surface area contributed by atoms with Crippen molar-refractivity contribution in [2.24, 2.45) is 0 Å². The minimum absolute atomic E-state index is 0.0211. The van der Waals surface area contributed by atoms with Crippen LogP contribution in [0.1, 0.15) is 30.6 Å². The van der Waals surface area contributed by atoms with E-state index >= 15 is 0 Å². The number of rotatable bonds is 7. The molecule has 0 radical (unpaired) electrons. The molecule has 0 aromatic heterocycles. The first-order chi connectivity index (χ1) is 9.71. The SMILES string of the molecule is CC(C)N(CCCO)S(=O)(=O)c1cc(C(=O)O)ccc1F. The van der Waals surface area contributed by atoms with E-state index in [1.807, 2.05) is 0 Å². The maximum atomic E-state index is 13.8. The van der Waals surface area contributed by atoms with Crippen molar-refractivity contribution in [1.29, 1.82) is 0 Å². The summed E-state index contributed by atoms with van der Waals surface area (Å²) in [4.78, 5) is 10.2. The van der Waals surface area contributed by atoms with E-state index in [1.54, 1.807) is 13.8 Å². The number of halogens is 1. The lowest BCUT2D eigenvalue weighted by atomic mass is 10.2. The monoisotopic (exact) mass is 319 g/mol. The third-order valence-electron chi connectivity index (χ3n) is 2.88. The molecule has 0 heterocycles. The third kappa shape index (κ3) is 3.99. The molecule has 0 saturated heterocycles. The van der Waals surface area contributed by atoms with Gasteiger partial charge in [-0.15, -0.1) is 0 Å². The summed E-state index contributed by atoms with van der Waals surface area (Å²) in [6.45, 7) is 3.06. The van der Waals surface area contributed by atoms with Crippen molar-refractivity contribution in [2.45, 2.75) is 31.2 Å². The summed E-state index contributed by atoms with van der Waals surface area (Å²) >= 11 is 0. The summed E-state index contributed by atoms with van der Waals surface area (Å²) < 4.78 is 39.8. The van der Waals surface area contributed by atoms with Gasteiger partial charge < -0.3 is 10.2 Å². The van der Waals surface area contributed by atoms with Crippen molar-refractivity contribution in [3.8, 4) is 0 Å². The maximum absolute atomic E-state index is 13.8. The van der Waals surface area contributed by atoms with Gasteiger partial charge in [0, 0.05) is 19.2 Å². The van der Waals surface area contributed by atoms with E-state index in [0.717, 1.165) is 22.5 Å². The Morgan fingerprint density at radius 1 is 1.38 bits per heavy atom. The highest BCUT2D eigenvalue weighted by Gasteiger charge is 2.30. The van der Waals surface area contributed by atoms with Crippen LogP contribution >= 0.6 is 0 Å². The molecule has 6 nitrogen and oxygen atoms in total. The van der Waals surface area contributed by atoms with Crippen LogP contribution < -0.4 is 0 Å². The molecule has 0 atom stereocenters. The number of benzene rings is 1. The predicted octanol–water partition coefficient (Wildman–Crippen LogP) is 1.31. The topological polar surface area (TPSA) is 94.9 Å². The molecule has 0 aliphatic rings. The van der Waals surface area contributed by atoms with Crippen molar-refractivity contribution >= 4 is 16.0 Å². The number of carboxylic acids is 1. The number of hydrogen-bond donors (Lipinski definition) is 2. The van der Waals surface area contributed by atoms with Crippen molar-refractivity contribution < 1.29 is 27.8 Å². The van der Waals surface area contributed by atoms with Crippen molar-refractivity contribution in [2.75, 3.05) is 13.2 Å². The van der Waals surface area contributed by atoms with Crippen LogP contribution in [0.15, 0.2) is 23.1 Å². The quantitative estimate of drug-likeness (QED) is 0.790. The average Bonchev–Trinajstić information content (AvgIpc) is 2.38. The lowest BCUT2D eigenvalue weighted by molar-refractivity contribution is 0.0696. The van der Waals surface area contributed by atoms with Crippen LogP contribution in [0.3, 0.4) is 0 Å². The fraction of sp³-hybridized carbons (Fsp3) is 0.462. The smallest absolute Gasteiger partial charge is 0.335 e. The molecule has 0 aliphatic carbocycles. The molecule has 0 saturated carbocycles. The molecule has 1 aromatic rings. The van der Waals surface area contributed by atoms with Gasteiger partial charge in [0.05, 0.1) is 5.56 Å². The van der Waals surface area contributed by atoms with Gasteiger partial charge in [-0.1, -0.05) is 0 Å². The summed E-state index contributed by atoms with van der Waals surface area (Å²) in [6.07, 6.45) is 0.206. The van der Waals surface area contributed by atoms with Gasteiger partial charge in [0.1, 0.15) is 10.7 Å². The summed E-state index contributed by atoms with van der Waals surface area (Å²) in [5.41, 5.74) is -0.305. The molecule has 0 fully saturated rings. The molecule has 0 spiro atoms. The highest BCUT2D eigenvalue weighted by Crippen LogP contribution is 2.23. The molecule has 118 valence electrons. The van der Waals surface area contributed by atoms with Gasteiger partial charge in [-0.2, -0.15) is 4.31 Å². The highest BCUT2D eigenvalue weighted by atomic mass is 32.2. The Hall–Kier alpha value is -1.51. The number of aliphatic hydroxyl groups excluding tert-OH is 1. The number of hydrogen-bond acceptors (Lipinski definition) is 4. The standard InChI is InChI=1S/C13H18FNO5S/c1-9(2)15(6-3-7-16)21(19,20)12-8-10(13(17)18)4-5-11(12)14/h4-5,8-9,16H,3,6-7H2,1-2H3,(H,17,18). The minimum Gasteiger partial charge on any atom is -0.478 e. The average molecular weight is 319 g/mol. The molecule has 1 aromatic carbocycles. The Kier molecular flexibility index (Phi) is 5.82. The van der Waals surface area contributed by atoms with E-state index in [1.165, 1.54) is 0 Å². The number of nitrogens with zero attached hydrogens (tertiary/aromatic N) is 1. The number of carbonyl (C=O) groups is 1. The van der Waals surface area contributed by atoms with Gasteiger partial charge >= 0.3 is 5.97 Å². The van der Waals surface area contributed by atoms with Crippen molar-refractivity contribution in [3.63, 3.8) is 0 Å². The highest BCUT2D eigenvalue weighted by molar-refractivity contribution is 7.89. The molecule has 0 unspecified atom stereocenters. The summed E-state index contributed by atoms with van der Waals surface area (Å²) in [6, 6.07) is 2.18. The summed E-state index contributed by atoms with van der Waals surface area (Å²) in [7, 11) is -4.18. The lowest BCUT2D eigenvalue weighted by Gasteiger charge is -2.26. The number of aromatic carboxylic acids is 1. The van der Waals surface area contributed by atoms with Gasteiger partial charge in [-0.3, -0.25) is 0 Å². The minimum atomic E-state index is -4.18. The van der Waals surface area contributed by atoms with E-state index in [4.69, 9.17) is 10.2 Å². The van der Waals surface area contributed by atoms with E-state index < -0.39 is 32.7 Å². The summed E-state index contributed by atoms with van der Waals surface area (Å²) in [5.74, 6) is -2.34. The number of aliphatic hydroxyl groups is 1. The van der Waals surface area contributed by atoms with Gasteiger partial charge in [-0.25, -0.2) is 17.6 Å². The van der Waals surface area contributed by atoms with Gasteiger partial charge in [-0.05, 0) is 38.5 Å². The largest absolute Gasteiger partial charge is 0.478 e. The van der Waals surface area contributed by atoms with Crippen molar-refractivity contribution in [3.05, 3.63) is 29.6 Å². The Balaban J connectivity index is 3.33. The van der Waals surface area contributed by atoms with E-state index in [2.05, 4.69) is 0 Å². The van der Waals surface area contributed by atoms with Crippen LogP contribution in [-0.4, -0.2) is 48.1 Å². The zero-order valence-electron chi connectivity index (χ0n) is 11.8. The molecule has 0 aliphatic heterocycles. The zero-order valence-corrected chi connectivity index (χ0v) is 12.6. The molecule has 8 heteroatoms. The second kappa shape index (κ2) is 6.97. The van der Waals surface area contributed by atoms with E-state index in [9.17, 15) is 17.6 Å². The second-order valence-electron chi connectivity index (χ2n) is 4.74. The first-order valence-electron chi connectivity index (χ1n) is 6.37. The van der Waals surface area contributed by atoms with Gasteiger partial charge in [0.2, 0.25) is 10.0 Å². The first kappa shape index (κ1) is 17.5. The Labute approximate surface area is 122 Å². The summed E-state index contributed by atoms with van der Waals surface area (Å²) in [5, 5.41) is 17.7. The number of sulfonamides is 1. The normalized spacial score (nSPS) is 12.1. The Bertz CT molecular complexity index is 615. The van der Waals surface area contributed by atoms with Crippen LogP contribution in [0.4, 0.5) is 4.39 Å². The number of carboxylic acid groups (broad SMARTS) is 1. The third-order valence-corrected chi connectivity index (χ3v) is 4.97. The lowest BCUT2D eigenvalue weighted by Crippen LogP contribution is -2.38. The maximum Gasteiger partial charge on any atom is 0.335 e. The van der Waals surface area contributed by atoms with Crippen LogP contribution in [0.25, 0.3) is 0 Å². The fourth-order valence-electron chi connectivity index (χ4n) is 1.84. The fourth-order valence-corrected chi connectivity index (χ4v) is 3.61. The van der Waals surface area contributed by atoms with Crippen LogP contribution in [-0.2, 0) is 10.0 Å². The predicted molar refractivity (Wildman–Crippen MR) is 74.1 cm³/mol. The van der Waals surface area contributed by atoms with Crippen LogP contribution in [0.2, 0.25) is 0 Å². The first-order valence-corrected chi connectivity index (χ1v) is 7.81. The molecule has 0 bridgehead atoms.